The molecule has 35 heavy (non-hydrogen) atoms. The van der Waals surface area contributed by atoms with Crippen LogP contribution in [0.1, 0.15) is 20.3 Å². The number of rotatable bonds is 7. The smallest absolute Gasteiger partial charge is 0.232 e. The molecule has 0 amide bonds. The van der Waals surface area contributed by atoms with E-state index >= 15 is 0 Å². The Labute approximate surface area is 206 Å². The highest BCUT2D eigenvalue weighted by Gasteiger charge is 2.29. The molecule has 5 rings (SSSR count). The Morgan fingerprint density at radius 1 is 0.971 bits per heavy atom. The summed E-state index contributed by atoms with van der Waals surface area (Å²) in [7, 11) is 6.32. The van der Waals surface area contributed by atoms with Crippen molar-refractivity contribution in [3.8, 4) is 17.0 Å². The molecule has 0 saturated carbocycles. The van der Waals surface area contributed by atoms with E-state index in [4.69, 9.17) is 4.74 Å². The van der Waals surface area contributed by atoms with Crippen molar-refractivity contribution in [2.45, 2.75) is 32.4 Å². The minimum Gasteiger partial charge on any atom is -0.478 e. The van der Waals surface area contributed by atoms with Gasteiger partial charge in [0.05, 0.1) is 23.8 Å². The summed E-state index contributed by atoms with van der Waals surface area (Å²) in [5, 5.41) is 9.01. The second-order valence-electron chi connectivity index (χ2n) is 9.81. The van der Waals surface area contributed by atoms with Gasteiger partial charge in [0, 0.05) is 49.5 Å². The molecule has 9 heteroatoms. The maximum Gasteiger partial charge on any atom is 0.232 e. The lowest BCUT2D eigenvalue weighted by Crippen LogP contribution is -2.55. The molecule has 3 aromatic heterocycles. The summed E-state index contributed by atoms with van der Waals surface area (Å²) in [4.78, 5) is 16.1. The van der Waals surface area contributed by atoms with Crippen molar-refractivity contribution >= 4 is 22.6 Å². The van der Waals surface area contributed by atoms with Crippen LogP contribution in [0.5, 0.6) is 5.88 Å². The molecule has 1 aliphatic heterocycles. The van der Waals surface area contributed by atoms with Crippen LogP contribution in [0.15, 0.2) is 42.7 Å². The number of fused-ring (bicyclic) bond motifs is 3. The molecule has 0 spiro atoms. The molecular formula is C26H34N8O. The van der Waals surface area contributed by atoms with Gasteiger partial charge in [-0.2, -0.15) is 0 Å². The molecule has 184 valence electrons. The Morgan fingerprint density at radius 3 is 2.46 bits per heavy atom. The number of pyridine rings is 1. The topological polar surface area (TPSA) is 74.9 Å². The fraction of sp³-hybridized carbons (Fsp3) is 0.462. The Morgan fingerprint density at radius 2 is 1.74 bits per heavy atom. The molecule has 0 N–H and O–H groups in total. The number of hydrogen-bond donors (Lipinski definition) is 0. The van der Waals surface area contributed by atoms with Crippen LogP contribution in [0.25, 0.3) is 27.8 Å². The van der Waals surface area contributed by atoms with E-state index in [9.17, 15) is 0 Å². The first kappa shape index (κ1) is 23.4. The van der Waals surface area contributed by atoms with Gasteiger partial charge in [-0.1, -0.05) is 6.07 Å². The second kappa shape index (κ2) is 9.75. The van der Waals surface area contributed by atoms with Gasteiger partial charge in [-0.3, -0.25) is 14.3 Å². The normalized spacial score (nSPS) is 19.2. The SMILES string of the molecule is CC1CN(c2nnc3cnc4ccc(-c5ccc(OCCCN(C)C)nc5)cc4n23)C[C@H](C)N1C. The third-order valence-electron chi connectivity index (χ3n) is 6.92. The zero-order valence-electron chi connectivity index (χ0n) is 21.2. The van der Waals surface area contributed by atoms with E-state index in [0.717, 1.165) is 59.8 Å². The van der Waals surface area contributed by atoms with Crippen LogP contribution in [-0.4, -0.2) is 93.8 Å². The van der Waals surface area contributed by atoms with E-state index in [1.54, 1.807) is 6.20 Å². The fourth-order valence-electron chi connectivity index (χ4n) is 4.69. The van der Waals surface area contributed by atoms with Gasteiger partial charge in [-0.05, 0) is 65.2 Å². The summed E-state index contributed by atoms with van der Waals surface area (Å²) in [6, 6.07) is 11.1. The van der Waals surface area contributed by atoms with Crippen molar-refractivity contribution < 1.29 is 4.74 Å². The van der Waals surface area contributed by atoms with Crippen LogP contribution in [-0.2, 0) is 0 Å². The highest BCUT2D eigenvalue weighted by Crippen LogP contribution is 2.28. The van der Waals surface area contributed by atoms with Crippen LogP contribution in [0.4, 0.5) is 5.95 Å². The van der Waals surface area contributed by atoms with Crippen molar-refractivity contribution in [2.75, 3.05) is 52.3 Å². The number of ether oxygens (including phenoxy) is 1. The van der Waals surface area contributed by atoms with Gasteiger partial charge in [0.15, 0.2) is 5.65 Å². The van der Waals surface area contributed by atoms with Crippen LogP contribution in [0.3, 0.4) is 0 Å². The van der Waals surface area contributed by atoms with Gasteiger partial charge in [-0.15, -0.1) is 10.2 Å². The molecule has 1 saturated heterocycles. The van der Waals surface area contributed by atoms with Crippen LogP contribution in [0.2, 0.25) is 0 Å². The van der Waals surface area contributed by atoms with Crippen molar-refractivity contribution in [1.29, 1.82) is 0 Å². The summed E-state index contributed by atoms with van der Waals surface area (Å²) in [5.41, 5.74) is 4.75. The molecular weight excluding hydrogens is 440 g/mol. The lowest BCUT2D eigenvalue weighted by molar-refractivity contribution is 0.169. The molecule has 0 aliphatic carbocycles. The van der Waals surface area contributed by atoms with Crippen molar-refractivity contribution in [3.05, 3.63) is 42.7 Å². The Kier molecular flexibility index (Phi) is 6.53. The van der Waals surface area contributed by atoms with Crippen molar-refractivity contribution in [1.82, 2.24) is 34.4 Å². The standard InChI is InChI=1S/C26H34N8O/c1-18-16-33(17-19(2)32(18)5)26-30-29-24-15-27-22-9-7-20(13-23(22)34(24)26)21-8-10-25(28-14-21)35-12-6-11-31(3)4/h7-10,13-15,18-19H,6,11-12,16-17H2,1-5H3/t18-,19?/m0/s1. The molecule has 2 atom stereocenters. The van der Waals surface area contributed by atoms with Gasteiger partial charge >= 0.3 is 0 Å². The van der Waals surface area contributed by atoms with Crippen LogP contribution < -0.4 is 9.64 Å². The first-order valence-electron chi connectivity index (χ1n) is 12.3. The van der Waals surface area contributed by atoms with E-state index in [1.807, 2.05) is 12.3 Å². The maximum atomic E-state index is 5.80. The minimum absolute atomic E-state index is 0.435. The third-order valence-corrected chi connectivity index (χ3v) is 6.92. The number of nitrogens with zero attached hydrogens (tertiary/aromatic N) is 8. The first-order chi connectivity index (χ1) is 16.9. The zero-order chi connectivity index (χ0) is 24.5. The highest BCUT2D eigenvalue weighted by molar-refractivity contribution is 5.84. The Hall–Kier alpha value is -3.30. The number of likely N-dealkylation sites (N-methyl/N-ethyl adjacent to an activating group) is 1. The minimum atomic E-state index is 0.435. The highest BCUT2D eigenvalue weighted by atomic mass is 16.5. The largest absolute Gasteiger partial charge is 0.478 e. The van der Waals surface area contributed by atoms with E-state index in [-0.39, 0.29) is 0 Å². The van der Waals surface area contributed by atoms with E-state index in [0.29, 0.717) is 24.6 Å². The van der Waals surface area contributed by atoms with Crippen molar-refractivity contribution in [3.63, 3.8) is 0 Å². The molecule has 0 radical (unpaired) electrons. The molecule has 4 aromatic rings. The van der Waals surface area contributed by atoms with Gasteiger partial charge in [0.25, 0.3) is 0 Å². The number of aromatic nitrogens is 5. The van der Waals surface area contributed by atoms with Gasteiger partial charge in [-0.25, -0.2) is 4.98 Å². The lowest BCUT2D eigenvalue weighted by Gasteiger charge is -2.42. The number of benzene rings is 1. The predicted octanol–water partition coefficient (Wildman–Crippen LogP) is 3.20. The summed E-state index contributed by atoms with van der Waals surface area (Å²) in [6.07, 6.45) is 4.63. The summed E-state index contributed by atoms with van der Waals surface area (Å²) in [5.74, 6) is 1.52. The van der Waals surface area contributed by atoms with Gasteiger partial charge < -0.3 is 14.5 Å². The first-order valence-corrected chi connectivity index (χ1v) is 12.3. The molecule has 4 heterocycles. The third kappa shape index (κ3) is 4.78. The van der Waals surface area contributed by atoms with Crippen molar-refractivity contribution in [2.24, 2.45) is 0 Å². The van der Waals surface area contributed by atoms with Gasteiger partial charge in [0.1, 0.15) is 0 Å². The van der Waals surface area contributed by atoms with Crippen LogP contribution in [0, 0.1) is 0 Å². The Bertz CT molecular complexity index is 1290. The summed E-state index contributed by atoms with van der Waals surface area (Å²) < 4.78 is 7.93. The quantitative estimate of drug-likeness (QED) is 0.378. The summed E-state index contributed by atoms with van der Waals surface area (Å²) in [6.45, 7) is 7.98. The van der Waals surface area contributed by atoms with E-state index in [1.165, 1.54) is 0 Å². The number of hydrogen-bond acceptors (Lipinski definition) is 8. The maximum absolute atomic E-state index is 5.80. The Balaban J connectivity index is 1.44. The number of anilines is 1. The average Bonchev–Trinajstić information content (AvgIpc) is 3.30. The lowest BCUT2D eigenvalue weighted by atomic mass is 10.1. The monoisotopic (exact) mass is 474 g/mol. The molecule has 1 aromatic carbocycles. The summed E-state index contributed by atoms with van der Waals surface area (Å²) >= 11 is 0. The number of piperazine rings is 1. The molecule has 1 unspecified atom stereocenters. The van der Waals surface area contributed by atoms with E-state index in [2.05, 4.69) is 98.5 Å². The second-order valence-corrected chi connectivity index (χ2v) is 9.81. The molecule has 1 aliphatic rings. The molecule has 0 bridgehead atoms. The van der Waals surface area contributed by atoms with E-state index < -0.39 is 0 Å². The molecule has 9 nitrogen and oxygen atoms in total. The molecule has 1 fully saturated rings. The fourth-order valence-corrected chi connectivity index (χ4v) is 4.69. The van der Waals surface area contributed by atoms with Gasteiger partial charge in [0.2, 0.25) is 11.8 Å². The predicted molar refractivity (Wildman–Crippen MR) is 139 cm³/mol. The van der Waals surface area contributed by atoms with Crippen LogP contribution >= 0.6 is 0 Å². The zero-order valence-corrected chi connectivity index (χ0v) is 21.2. The average molecular weight is 475 g/mol.